The van der Waals surface area contributed by atoms with Crippen molar-refractivity contribution in [2.24, 2.45) is 0 Å². The predicted molar refractivity (Wildman–Crippen MR) is 86.4 cm³/mol. The van der Waals surface area contributed by atoms with Crippen LogP contribution in [0.3, 0.4) is 0 Å². The van der Waals surface area contributed by atoms with E-state index in [0.29, 0.717) is 0 Å². The van der Waals surface area contributed by atoms with Gasteiger partial charge in [-0.3, -0.25) is 0 Å². The first kappa shape index (κ1) is 16.7. The van der Waals surface area contributed by atoms with Gasteiger partial charge in [0, 0.05) is 56.4 Å². The molecule has 0 saturated carbocycles. The lowest BCUT2D eigenvalue weighted by Gasteiger charge is -2.29. The minimum Gasteiger partial charge on any atom is -0.393 e. The second-order valence-corrected chi connectivity index (χ2v) is 6.53. The Labute approximate surface area is 131 Å². The SMILES string of the molecule is CCCSc1ncc(CNCCN2CCC(O)CC2)cn1. The molecule has 0 spiro atoms. The van der Waals surface area contributed by atoms with Crippen LogP contribution >= 0.6 is 11.8 Å². The zero-order valence-electron chi connectivity index (χ0n) is 12.8. The molecule has 6 heteroatoms. The molecule has 118 valence electrons. The summed E-state index contributed by atoms with van der Waals surface area (Å²) in [5.41, 5.74) is 1.13. The van der Waals surface area contributed by atoms with Crippen molar-refractivity contribution in [3.8, 4) is 0 Å². The lowest BCUT2D eigenvalue weighted by atomic mass is 10.1. The van der Waals surface area contributed by atoms with E-state index in [4.69, 9.17) is 0 Å². The van der Waals surface area contributed by atoms with Crippen molar-refractivity contribution in [3.05, 3.63) is 18.0 Å². The van der Waals surface area contributed by atoms with Gasteiger partial charge in [-0.2, -0.15) is 0 Å². The van der Waals surface area contributed by atoms with Gasteiger partial charge >= 0.3 is 0 Å². The molecule has 21 heavy (non-hydrogen) atoms. The third-order valence-electron chi connectivity index (χ3n) is 3.61. The Kier molecular flexibility index (Phi) is 7.43. The standard InChI is InChI=1S/C15H26N4OS/c1-2-9-21-15-17-11-13(12-18-15)10-16-5-8-19-6-3-14(20)4-7-19/h11-12,14,16,20H,2-10H2,1H3. The fourth-order valence-electron chi connectivity index (χ4n) is 2.31. The summed E-state index contributed by atoms with van der Waals surface area (Å²) in [6.07, 6.45) is 6.70. The molecule has 0 unspecified atom stereocenters. The van der Waals surface area contributed by atoms with Gasteiger partial charge in [0.1, 0.15) is 0 Å². The maximum absolute atomic E-state index is 9.47. The Hall–Kier alpha value is -0.690. The Morgan fingerprint density at radius 3 is 2.71 bits per heavy atom. The Balaban J connectivity index is 1.60. The molecular weight excluding hydrogens is 284 g/mol. The predicted octanol–water partition coefficient (Wildman–Crippen LogP) is 1.52. The maximum Gasteiger partial charge on any atom is 0.187 e. The van der Waals surface area contributed by atoms with E-state index in [9.17, 15) is 5.11 Å². The van der Waals surface area contributed by atoms with Gasteiger partial charge in [-0.1, -0.05) is 18.7 Å². The van der Waals surface area contributed by atoms with Gasteiger partial charge in [-0.25, -0.2) is 9.97 Å². The van der Waals surface area contributed by atoms with E-state index < -0.39 is 0 Å². The highest BCUT2D eigenvalue weighted by molar-refractivity contribution is 7.99. The molecule has 1 fully saturated rings. The monoisotopic (exact) mass is 310 g/mol. The van der Waals surface area contributed by atoms with E-state index in [0.717, 1.165) is 68.5 Å². The molecule has 1 aromatic rings. The zero-order valence-corrected chi connectivity index (χ0v) is 13.6. The third-order valence-corrected chi connectivity index (χ3v) is 4.69. The second-order valence-electron chi connectivity index (χ2n) is 5.47. The van der Waals surface area contributed by atoms with Crippen LogP contribution in [-0.4, -0.2) is 58.0 Å². The number of nitrogens with zero attached hydrogens (tertiary/aromatic N) is 3. The van der Waals surface area contributed by atoms with Crippen molar-refractivity contribution in [1.29, 1.82) is 0 Å². The molecule has 1 saturated heterocycles. The first-order valence-electron chi connectivity index (χ1n) is 7.82. The van der Waals surface area contributed by atoms with Crippen LogP contribution in [0.4, 0.5) is 0 Å². The van der Waals surface area contributed by atoms with Crippen molar-refractivity contribution in [1.82, 2.24) is 20.2 Å². The van der Waals surface area contributed by atoms with Crippen molar-refractivity contribution >= 4 is 11.8 Å². The lowest BCUT2D eigenvalue weighted by molar-refractivity contribution is 0.0830. The average Bonchev–Trinajstić information content (AvgIpc) is 2.52. The fraction of sp³-hybridized carbons (Fsp3) is 0.733. The van der Waals surface area contributed by atoms with Crippen LogP contribution in [0.5, 0.6) is 0 Å². The molecular formula is C15H26N4OS. The number of aliphatic hydroxyl groups is 1. The lowest BCUT2D eigenvalue weighted by Crippen LogP contribution is -2.39. The molecule has 0 atom stereocenters. The van der Waals surface area contributed by atoms with E-state index in [1.807, 2.05) is 12.4 Å². The van der Waals surface area contributed by atoms with Crippen LogP contribution in [-0.2, 0) is 6.54 Å². The topological polar surface area (TPSA) is 61.3 Å². The summed E-state index contributed by atoms with van der Waals surface area (Å²) in [6.45, 7) is 6.99. The molecule has 0 aliphatic carbocycles. The summed E-state index contributed by atoms with van der Waals surface area (Å²) in [6, 6.07) is 0. The quantitative estimate of drug-likeness (QED) is 0.431. The molecule has 1 aromatic heterocycles. The van der Waals surface area contributed by atoms with Gasteiger partial charge in [0.15, 0.2) is 5.16 Å². The van der Waals surface area contributed by atoms with Crippen LogP contribution in [0, 0.1) is 0 Å². The van der Waals surface area contributed by atoms with E-state index in [1.165, 1.54) is 0 Å². The number of piperidine rings is 1. The minimum absolute atomic E-state index is 0.0875. The second kappa shape index (κ2) is 9.35. The Morgan fingerprint density at radius 2 is 2.05 bits per heavy atom. The zero-order chi connectivity index (χ0) is 14.9. The molecule has 0 aromatic carbocycles. The minimum atomic E-state index is -0.0875. The first-order valence-corrected chi connectivity index (χ1v) is 8.81. The molecule has 2 rings (SSSR count). The number of thioether (sulfide) groups is 1. The van der Waals surface area contributed by atoms with Gasteiger partial charge < -0.3 is 15.3 Å². The van der Waals surface area contributed by atoms with Crippen LogP contribution in [0.15, 0.2) is 17.6 Å². The maximum atomic E-state index is 9.47. The molecule has 0 radical (unpaired) electrons. The summed E-state index contributed by atoms with van der Waals surface area (Å²) in [4.78, 5) is 11.1. The molecule has 1 aliphatic heterocycles. The highest BCUT2D eigenvalue weighted by Crippen LogP contribution is 2.12. The van der Waals surface area contributed by atoms with E-state index >= 15 is 0 Å². The molecule has 5 nitrogen and oxygen atoms in total. The van der Waals surface area contributed by atoms with Crippen molar-refractivity contribution in [2.75, 3.05) is 31.9 Å². The number of hydrogen-bond acceptors (Lipinski definition) is 6. The summed E-state index contributed by atoms with van der Waals surface area (Å²) in [7, 11) is 0. The summed E-state index contributed by atoms with van der Waals surface area (Å²) in [5.74, 6) is 1.07. The van der Waals surface area contributed by atoms with Crippen LogP contribution in [0.25, 0.3) is 0 Å². The molecule has 0 amide bonds. The van der Waals surface area contributed by atoms with Crippen LogP contribution < -0.4 is 5.32 Å². The largest absolute Gasteiger partial charge is 0.393 e. The molecule has 2 heterocycles. The normalized spacial score (nSPS) is 17.2. The van der Waals surface area contributed by atoms with Crippen LogP contribution in [0.2, 0.25) is 0 Å². The molecule has 0 bridgehead atoms. The highest BCUT2D eigenvalue weighted by Gasteiger charge is 2.15. The van der Waals surface area contributed by atoms with Gasteiger partial charge in [-0.05, 0) is 19.3 Å². The van der Waals surface area contributed by atoms with Crippen molar-refractivity contribution < 1.29 is 5.11 Å². The van der Waals surface area contributed by atoms with Gasteiger partial charge in [0.05, 0.1) is 6.10 Å². The summed E-state index contributed by atoms with van der Waals surface area (Å²) in [5, 5.41) is 13.8. The van der Waals surface area contributed by atoms with E-state index in [2.05, 4.69) is 27.1 Å². The number of hydrogen-bond donors (Lipinski definition) is 2. The van der Waals surface area contributed by atoms with E-state index in [-0.39, 0.29) is 6.10 Å². The Bertz CT molecular complexity index is 393. The molecule has 1 aliphatic rings. The summed E-state index contributed by atoms with van der Waals surface area (Å²) >= 11 is 1.71. The number of aromatic nitrogens is 2. The number of likely N-dealkylation sites (tertiary alicyclic amines) is 1. The van der Waals surface area contributed by atoms with Crippen LogP contribution in [0.1, 0.15) is 31.7 Å². The molecule has 2 N–H and O–H groups in total. The fourth-order valence-corrected chi connectivity index (χ4v) is 2.96. The highest BCUT2D eigenvalue weighted by atomic mass is 32.2. The third kappa shape index (κ3) is 6.30. The van der Waals surface area contributed by atoms with E-state index in [1.54, 1.807) is 11.8 Å². The average molecular weight is 310 g/mol. The van der Waals surface area contributed by atoms with Gasteiger partial charge in [0.2, 0.25) is 0 Å². The van der Waals surface area contributed by atoms with Crippen molar-refractivity contribution in [3.63, 3.8) is 0 Å². The summed E-state index contributed by atoms with van der Waals surface area (Å²) < 4.78 is 0. The number of rotatable bonds is 8. The van der Waals surface area contributed by atoms with Gasteiger partial charge in [-0.15, -0.1) is 0 Å². The van der Waals surface area contributed by atoms with Gasteiger partial charge in [0.25, 0.3) is 0 Å². The first-order chi connectivity index (χ1) is 10.3. The van der Waals surface area contributed by atoms with Crippen molar-refractivity contribution in [2.45, 2.75) is 44.0 Å². The smallest absolute Gasteiger partial charge is 0.187 e. The number of aliphatic hydroxyl groups excluding tert-OH is 1. The Morgan fingerprint density at radius 1 is 1.33 bits per heavy atom. The number of nitrogens with one attached hydrogen (secondary N) is 1.